The lowest BCUT2D eigenvalue weighted by atomic mass is 9.79. The molecule has 2 aliphatic heterocycles. The van der Waals surface area contributed by atoms with Crippen LogP contribution in [0.15, 0.2) is 36.5 Å². The summed E-state index contributed by atoms with van der Waals surface area (Å²) in [4.78, 5) is 59.9. The molecule has 1 aromatic carbocycles. The van der Waals surface area contributed by atoms with E-state index < -0.39 is 59.5 Å². The Kier molecular flexibility index (Phi) is 8.58. The van der Waals surface area contributed by atoms with Gasteiger partial charge in [-0.3, -0.25) is 14.4 Å². The number of ether oxygens (including phenoxy) is 1. The van der Waals surface area contributed by atoms with E-state index in [2.05, 4.69) is 15.6 Å². The molecule has 1 aromatic heterocycles. The van der Waals surface area contributed by atoms with Gasteiger partial charge in [0.2, 0.25) is 17.7 Å². The number of halogens is 3. The number of hydrogen-bond donors (Lipinski definition) is 2. The van der Waals surface area contributed by atoms with Crippen molar-refractivity contribution >= 4 is 35.3 Å². The van der Waals surface area contributed by atoms with Gasteiger partial charge in [0, 0.05) is 30.5 Å². The lowest BCUT2D eigenvalue weighted by molar-refractivity contribution is -0.172. The molecule has 2 atom stereocenters. The molecule has 0 radical (unpaired) electrons. The third-order valence-corrected chi connectivity index (χ3v) is 8.75. The van der Waals surface area contributed by atoms with Gasteiger partial charge >= 0.3 is 12.3 Å². The third kappa shape index (κ3) is 6.97. The SMILES string of the molecule is CC(C)(C)OC(=O)N1CCC[C@H](N(CC(=O)Nc2ccc3c(c2)C[C@@]2(C3)C(=O)Nc3ncccc32)C(=O)C(C)(C)CC(F)(F)F)C1. The van der Waals surface area contributed by atoms with Crippen molar-refractivity contribution in [1.29, 1.82) is 0 Å². The molecule has 46 heavy (non-hydrogen) atoms. The number of piperidine rings is 1. The molecular weight excluding hydrogens is 603 g/mol. The van der Waals surface area contributed by atoms with Crippen LogP contribution in [-0.4, -0.2) is 76.1 Å². The van der Waals surface area contributed by atoms with Gasteiger partial charge in [0.15, 0.2) is 0 Å². The third-order valence-electron chi connectivity index (χ3n) is 8.75. The van der Waals surface area contributed by atoms with E-state index in [4.69, 9.17) is 4.74 Å². The zero-order valence-corrected chi connectivity index (χ0v) is 26.7. The number of pyridine rings is 1. The molecule has 1 fully saturated rings. The number of benzene rings is 1. The van der Waals surface area contributed by atoms with Gasteiger partial charge in [-0.2, -0.15) is 13.2 Å². The highest BCUT2D eigenvalue weighted by molar-refractivity contribution is 6.06. The van der Waals surface area contributed by atoms with E-state index in [-0.39, 0.29) is 12.5 Å². The maximum absolute atomic E-state index is 13.7. The van der Waals surface area contributed by atoms with Gasteiger partial charge in [0.05, 0.1) is 23.3 Å². The number of amides is 4. The molecule has 10 nitrogen and oxygen atoms in total. The van der Waals surface area contributed by atoms with Crippen molar-refractivity contribution in [1.82, 2.24) is 14.8 Å². The van der Waals surface area contributed by atoms with E-state index in [0.29, 0.717) is 43.7 Å². The van der Waals surface area contributed by atoms with Crippen molar-refractivity contribution in [2.45, 2.75) is 90.0 Å². The van der Waals surface area contributed by atoms with E-state index in [1.807, 2.05) is 12.1 Å². The number of nitrogens with zero attached hydrogens (tertiary/aromatic N) is 3. The summed E-state index contributed by atoms with van der Waals surface area (Å²) in [6, 6.07) is 8.32. The number of fused-ring (bicyclic) bond motifs is 3. The Balaban J connectivity index is 1.34. The summed E-state index contributed by atoms with van der Waals surface area (Å²) in [5.41, 5.74) is -0.295. The Morgan fingerprint density at radius 3 is 2.52 bits per heavy atom. The smallest absolute Gasteiger partial charge is 0.410 e. The quantitative estimate of drug-likeness (QED) is 0.446. The minimum atomic E-state index is -4.60. The van der Waals surface area contributed by atoms with Gasteiger partial charge in [-0.1, -0.05) is 26.0 Å². The highest BCUT2D eigenvalue weighted by atomic mass is 19.4. The number of carbonyl (C=O) groups excluding carboxylic acids is 4. The van der Waals surface area contributed by atoms with Gasteiger partial charge < -0.3 is 25.2 Å². The Bertz CT molecular complexity index is 1550. The Morgan fingerprint density at radius 2 is 1.83 bits per heavy atom. The maximum atomic E-state index is 13.7. The monoisotopic (exact) mass is 643 g/mol. The van der Waals surface area contributed by atoms with Gasteiger partial charge in [0.1, 0.15) is 18.0 Å². The zero-order valence-electron chi connectivity index (χ0n) is 26.7. The molecule has 3 heterocycles. The van der Waals surface area contributed by atoms with Gasteiger partial charge in [0.25, 0.3) is 0 Å². The first-order valence-electron chi connectivity index (χ1n) is 15.4. The maximum Gasteiger partial charge on any atom is 0.410 e. The zero-order chi connectivity index (χ0) is 33.7. The average Bonchev–Trinajstić information content (AvgIpc) is 3.46. The number of rotatable bonds is 6. The summed E-state index contributed by atoms with van der Waals surface area (Å²) < 4.78 is 45.9. The molecular formula is C33H40F3N5O5. The fourth-order valence-electron chi connectivity index (χ4n) is 6.73. The minimum absolute atomic E-state index is 0.0232. The highest BCUT2D eigenvalue weighted by Crippen LogP contribution is 2.47. The van der Waals surface area contributed by atoms with Crippen LogP contribution in [0.5, 0.6) is 0 Å². The van der Waals surface area contributed by atoms with Gasteiger partial charge in [-0.05, 0) is 75.8 Å². The Morgan fingerprint density at radius 1 is 1.11 bits per heavy atom. The number of carbonyl (C=O) groups is 4. The average molecular weight is 644 g/mol. The fraction of sp³-hybridized carbons (Fsp3) is 0.545. The van der Waals surface area contributed by atoms with E-state index in [0.717, 1.165) is 16.7 Å². The predicted molar refractivity (Wildman–Crippen MR) is 164 cm³/mol. The van der Waals surface area contributed by atoms with Crippen molar-refractivity contribution in [2.24, 2.45) is 5.41 Å². The highest BCUT2D eigenvalue weighted by Gasteiger charge is 2.51. The van der Waals surface area contributed by atoms with Crippen LogP contribution in [0.3, 0.4) is 0 Å². The Hall–Kier alpha value is -4.16. The summed E-state index contributed by atoms with van der Waals surface area (Å²) in [5, 5.41) is 5.66. The first-order chi connectivity index (χ1) is 21.4. The van der Waals surface area contributed by atoms with Crippen LogP contribution in [-0.2, 0) is 37.4 Å². The number of aromatic nitrogens is 1. The topological polar surface area (TPSA) is 121 Å². The first-order valence-corrected chi connectivity index (χ1v) is 15.4. The number of hydrogen-bond acceptors (Lipinski definition) is 6. The number of alkyl halides is 3. The van der Waals surface area contributed by atoms with Crippen molar-refractivity contribution in [3.63, 3.8) is 0 Å². The molecule has 5 rings (SSSR count). The van der Waals surface area contributed by atoms with Crippen LogP contribution in [0.1, 0.15) is 70.6 Å². The van der Waals surface area contributed by atoms with E-state index >= 15 is 0 Å². The fourth-order valence-corrected chi connectivity index (χ4v) is 6.73. The van der Waals surface area contributed by atoms with Gasteiger partial charge in [-0.15, -0.1) is 0 Å². The predicted octanol–water partition coefficient (Wildman–Crippen LogP) is 5.22. The molecule has 13 heteroatoms. The molecule has 0 unspecified atom stereocenters. The summed E-state index contributed by atoms with van der Waals surface area (Å²) in [6.45, 7) is 7.49. The molecule has 1 saturated heterocycles. The number of nitrogens with one attached hydrogen (secondary N) is 2. The number of anilines is 2. The minimum Gasteiger partial charge on any atom is -0.444 e. The second kappa shape index (κ2) is 11.9. The van der Waals surface area contributed by atoms with Crippen LogP contribution in [0, 0.1) is 5.41 Å². The van der Waals surface area contributed by atoms with E-state index in [9.17, 15) is 32.3 Å². The molecule has 1 aliphatic carbocycles. The van der Waals surface area contributed by atoms with Gasteiger partial charge in [-0.25, -0.2) is 9.78 Å². The molecule has 1 spiro atoms. The molecule has 0 saturated carbocycles. The van der Waals surface area contributed by atoms with Crippen molar-refractivity contribution in [3.8, 4) is 0 Å². The van der Waals surface area contributed by atoms with Crippen LogP contribution in [0.4, 0.5) is 29.5 Å². The Labute approximate surface area is 266 Å². The van der Waals surface area contributed by atoms with Crippen molar-refractivity contribution in [3.05, 3.63) is 53.2 Å². The van der Waals surface area contributed by atoms with E-state index in [1.54, 1.807) is 45.2 Å². The summed E-state index contributed by atoms with van der Waals surface area (Å²) in [6.07, 6.45) is -3.16. The first kappa shape index (κ1) is 33.2. The summed E-state index contributed by atoms with van der Waals surface area (Å²) >= 11 is 0. The van der Waals surface area contributed by atoms with Crippen LogP contribution >= 0.6 is 0 Å². The van der Waals surface area contributed by atoms with E-state index in [1.165, 1.54) is 23.6 Å². The lowest BCUT2D eigenvalue weighted by Gasteiger charge is -2.42. The second-order valence-electron chi connectivity index (χ2n) is 14.2. The number of likely N-dealkylation sites (tertiary alicyclic amines) is 1. The molecule has 2 aromatic rings. The van der Waals surface area contributed by atoms with Crippen LogP contribution in [0.2, 0.25) is 0 Å². The second-order valence-corrected chi connectivity index (χ2v) is 14.2. The standard InChI is InChI=1S/C33H40F3N5O5/c1-30(2,3)46-29(45)40-13-7-8-23(17-40)41(28(44)31(4,5)19-33(34,35)36)18-25(42)38-22-11-10-20-15-32(16-21(20)14-22)24-9-6-12-37-26(24)39-27(32)43/h6,9-12,14,23H,7-8,13,15-19H2,1-5H3,(H,38,42)(H,37,39,43)/t23-,32+/m0/s1. The van der Waals surface area contributed by atoms with Crippen LogP contribution in [0.25, 0.3) is 0 Å². The molecule has 3 aliphatic rings. The molecule has 248 valence electrons. The van der Waals surface area contributed by atoms with Crippen molar-refractivity contribution < 1.29 is 37.1 Å². The summed E-state index contributed by atoms with van der Waals surface area (Å²) in [7, 11) is 0. The summed E-state index contributed by atoms with van der Waals surface area (Å²) in [5.74, 6) is -1.01. The van der Waals surface area contributed by atoms with Crippen molar-refractivity contribution in [2.75, 3.05) is 30.3 Å². The van der Waals surface area contributed by atoms with Crippen LogP contribution < -0.4 is 10.6 Å². The molecule has 4 amide bonds. The molecule has 2 N–H and O–H groups in total. The largest absolute Gasteiger partial charge is 0.444 e. The lowest BCUT2D eigenvalue weighted by Crippen LogP contribution is -2.57. The molecule has 0 bridgehead atoms. The normalized spacial score (nSPS) is 21.0.